The minimum atomic E-state index is -4.10. The molecule has 5 rings (SSSR count). The highest BCUT2D eigenvalue weighted by Gasteiger charge is 2.48. The Morgan fingerprint density at radius 3 is 2.56 bits per heavy atom. The summed E-state index contributed by atoms with van der Waals surface area (Å²) in [5.41, 5.74) is 1.40. The fourth-order valence-corrected chi connectivity index (χ4v) is 7.89. The second-order valence-corrected chi connectivity index (χ2v) is 13.6. The number of nitrogens with one attached hydrogen (secondary N) is 1. The van der Waals surface area contributed by atoms with E-state index in [0.717, 1.165) is 4.31 Å². The third kappa shape index (κ3) is 5.44. The zero-order chi connectivity index (χ0) is 27.9. The Morgan fingerprint density at radius 1 is 1.10 bits per heavy atom. The Balaban J connectivity index is 1.39. The number of halogens is 1. The van der Waals surface area contributed by atoms with Crippen molar-refractivity contribution in [2.75, 3.05) is 24.2 Å². The van der Waals surface area contributed by atoms with Crippen molar-refractivity contribution >= 4 is 72.9 Å². The molecule has 39 heavy (non-hydrogen) atoms. The molecule has 2 N–H and O–H groups in total. The number of benzene rings is 3. The zero-order valence-corrected chi connectivity index (χ0v) is 23.4. The molecule has 204 valence electrons. The Bertz CT molecular complexity index is 1680. The number of sulfonamides is 1. The number of rotatable bonds is 7. The maximum atomic E-state index is 13.6. The van der Waals surface area contributed by atoms with E-state index in [1.165, 1.54) is 23.9 Å². The summed E-state index contributed by atoms with van der Waals surface area (Å²) in [6.45, 7) is 3.38. The number of thioether (sulfide) groups is 1. The van der Waals surface area contributed by atoms with Crippen LogP contribution in [0.15, 0.2) is 70.0 Å². The molecule has 1 aliphatic heterocycles. The van der Waals surface area contributed by atoms with Gasteiger partial charge in [-0.2, -0.15) is 16.1 Å². The number of carbonyl (C=O) groups excluding carboxylic acids is 1. The molecular formula is C27H25ClN2O7S2. The van der Waals surface area contributed by atoms with Crippen LogP contribution in [0.5, 0.6) is 5.75 Å². The van der Waals surface area contributed by atoms with E-state index in [2.05, 4.69) is 5.32 Å². The molecule has 0 bridgehead atoms. The van der Waals surface area contributed by atoms with E-state index < -0.39 is 26.8 Å². The quantitative estimate of drug-likeness (QED) is 0.301. The number of hydrogen-bond donors (Lipinski definition) is 2. The van der Waals surface area contributed by atoms with Gasteiger partial charge in [0.15, 0.2) is 6.61 Å². The van der Waals surface area contributed by atoms with Crippen molar-refractivity contribution in [3.05, 3.63) is 65.7 Å². The highest BCUT2D eigenvalue weighted by Crippen LogP contribution is 2.39. The van der Waals surface area contributed by atoms with Crippen LogP contribution < -0.4 is 10.1 Å². The van der Waals surface area contributed by atoms with Crippen molar-refractivity contribution in [2.45, 2.75) is 29.5 Å². The van der Waals surface area contributed by atoms with Crippen molar-refractivity contribution in [3.63, 3.8) is 0 Å². The summed E-state index contributed by atoms with van der Waals surface area (Å²) in [6.07, 6.45) is 0. The van der Waals surface area contributed by atoms with Gasteiger partial charge < -0.3 is 19.6 Å². The number of nitrogens with zero attached hydrogens (tertiary/aromatic N) is 1. The Labute approximate surface area is 234 Å². The van der Waals surface area contributed by atoms with Gasteiger partial charge in [0, 0.05) is 44.6 Å². The van der Waals surface area contributed by atoms with Crippen LogP contribution in [0.4, 0.5) is 5.69 Å². The van der Waals surface area contributed by atoms with Crippen LogP contribution in [0.3, 0.4) is 0 Å². The predicted molar refractivity (Wildman–Crippen MR) is 151 cm³/mol. The molecule has 0 radical (unpaired) electrons. The van der Waals surface area contributed by atoms with Crippen LogP contribution in [0.1, 0.15) is 13.8 Å². The molecule has 0 aliphatic carbocycles. The van der Waals surface area contributed by atoms with Gasteiger partial charge in [-0.05, 0) is 68.4 Å². The number of hydrogen-bond acceptors (Lipinski definition) is 7. The average molecular weight is 589 g/mol. The van der Waals surface area contributed by atoms with E-state index in [4.69, 9.17) is 20.8 Å². The molecule has 1 amide bonds. The third-order valence-corrected chi connectivity index (χ3v) is 9.95. The molecule has 1 atom stereocenters. The van der Waals surface area contributed by atoms with Crippen LogP contribution in [0.2, 0.25) is 5.02 Å². The van der Waals surface area contributed by atoms with Crippen LogP contribution >= 0.6 is 23.4 Å². The topological polar surface area (TPSA) is 126 Å². The van der Waals surface area contributed by atoms with Crippen LogP contribution in [-0.2, 0) is 19.6 Å². The maximum Gasteiger partial charge on any atom is 0.323 e. The number of anilines is 1. The number of carbonyl (C=O) groups is 2. The minimum Gasteiger partial charge on any atom is -0.484 e. The van der Waals surface area contributed by atoms with Gasteiger partial charge >= 0.3 is 5.97 Å². The Kier molecular flexibility index (Phi) is 7.27. The van der Waals surface area contributed by atoms with Crippen molar-refractivity contribution in [1.29, 1.82) is 0 Å². The van der Waals surface area contributed by atoms with Crippen LogP contribution in [0, 0.1) is 0 Å². The Hall–Kier alpha value is -3.25. The van der Waals surface area contributed by atoms with Crippen molar-refractivity contribution in [2.24, 2.45) is 0 Å². The number of carboxylic acid groups (broad SMARTS) is 1. The lowest BCUT2D eigenvalue weighted by Crippen LogP contribution is -2.58. The lowest BCUT2D eigenvalue weighted by atomic mass is 10.0. The van der Waals surface area contributed by atoms with Crippen LogP contribution in [0.25, 0.3) is 21.9 Å². The summed E-state index contributed by atoms with van der Waals surface area (Å²) >= 11 is 7.30. The zero-order valence-electron chi connectivity index (χ0n) is 21.0. The smallest absolute Gasteiger partial charge is 0.323 e. The summed E-state index contributed by atoms with van der Waals surface area (Å²) in [4.78, 5) is 24.4. The van der Waals surface area contributed by atoms with E-state index >= 15 is 0 Å². The average Bonchev–Trinajstić information content (AvgIpc) is 3.24. The molecule has 0 saturated carbocycles. The van der Waals surface area contributed by atoms with E-state index in [1.807, 2.05) is 0 Å². The first-order valence-corrected chi connectivity index (χ1v) is 14.8. The normalized spacial score (nSPS) is 17.8. The number of amides is 1. The summed E-state index contributed by atoms with van der Waals surface area (Å²) in [6, 6.07) is 15.0. The summed E-state index contributed by atoms with van der Waals surface area (Å²) in [5.74, 6) is -0.552. The number of aliphatic carboxylic acids is 1. The molecule has 0 spiro atoms. The number of ether oxygens (including phenoxy) is 1. The maximum absolute atomic E-state index is 13.6. The largest absolute Gasteiger partial charge is 0.484 e. The second-order valence-electron chi connectivity index (χ2n) is 9.57. The molecule has 1 saturated heterocycles. The first kappa shape index (κ1) is 27.3. The number of furan rings is 1. The molecule has 1 fully saturated rings. The second kappa shape index (κ2) is 10.4. The highest BCUT2D eigenvalue weighted by atomic mass is 35.5. The summed E-state index contributed by atoms with van der Waals surface area (Å²) in [5, 5.41) is 14.4. The SMILES string of the molecule is CC1(C)SCCN(S(=O)(=O)c2ccc3oc4cc(NC(=O)COc5ccc(Cl)cc5)ccc4c3c2)C1C(=O)O. The van der Waals surface area contributed by atoms with Crippen molar-refractivity contribution in [3.8, 4) is 5.75 Å². The monoisotopic (exact) mass is 588 g/mol. The fraction of sp³-hybridized carbons (Fsp3) is 0.259. The molecule has 12 heteroatoms. The predicted octanol–water partition coefficient (Wildman–Crippen LogP) is 5.23. The number of carboxylic acids is 1. The number of fused-ring (bicyclic) bond motifs is 3. The molecule has 4 aromatic rings. The molecular weight excluding hydrogens is 564 g/mol. The van der Waals surface area contributed by atoms with Gasteiger partial charge in [0.05, 0.1) is 4.90 Å². The summed E-state index contributed by atoms with van der Waals surface area (Å²) < 4.78 is 38.9. The van der Waals surface area contributed by atoms with Gasteiger partial charge in [-0.1, -0.05) is 11.6 Å². The summed E-state index contributed by atoms with van der Waals surface area (Å²) in [7, 11) is -4.10. The lowest BCUT2D eigenvalue weighted by molar-refractivity contribution is -0.142. The van der Waals surface area contributed by atoms with E-state index in [1.54, 1.807) is 62.4 Å². The Morgan fingerprint density at radius 2 is 1.85 bits per heavy atom. The van der Waals surface area contributed by atoms with Gasteiger partial charge in [-0.3, -0.25) is 9.59 Å². The van der Waals surface area contributed by atoms with Gasteiger partial charge in [0.2, 0.25) is 10.0 Å². The molecule has 9 nitrogen and oxygen atoms in total. The third-order valence-electron chi connectivity index (χ3n) is 6.48. The molecule has 1 unspecified atom stereocenters. The van der Waals surface area contributed by atoms with Crippen molar-refractivity contribution < 1.29 is 32.3 Å². The molecule has 1 aromatic heterocycles. The fourth-order valence-electron chi connectivity index (χ4n) is 4.64. The molecule has 1 aliphatic rings. The van der Waals surface area contributed by atoms with Gasteiger partial charge in [-0.25, -0.2) is 8.42 Å². The standard InChI is InChI=1S/C27H25ClN2O7S2/c1-27(2)25(26(32)33)30(11-12-38-27)39(34,35)19-8-10-22-21(14-19)20-9-5-17(13-23(20)37-22)29-24(31)15-36-18-6-3-16(28)4-7-18/h3-10,13-14,25H,11-12,15H2,1-2H3,(H,29,31)(H,32,33). The van der Waals surface area contributed by atoms with Gasteiger partial charge in [-0.15, -0.1) is 0 Å². The molecule has 2 heterocycles. The van der Waals surface area contributed by atoms with E-state index in [0.29, 0.717) is 44.2 Å². The van der Waals surface area contributed by atoms with Gasteiger partial charge in [0.1, 0.15) is 23.0 Å². The minimum absolute atomic E-state index is 0.0108. The lowest BCUT2D eigenvalue weighted by Gasteiger charge is -2.42. The van der Waals surface area contributed by atoms with Gasteiger partial charge in [0.25, 0.3) is 5.91 Å². The van der Waals surface area contributed by atoms with Crippen LogP contribution in [-0.4, -0.2) is 59.4 Å². The van der Waals surface area contributed by atoms with E-state index in [-0.39, 0.29) is 24.0 Å². The highest BCUT2D eigenvalue weighted by molar-refractivity contribution is 8.00. The first-order chi connectivity index (χ1) is 18.5. The molecule has 3 aromatic carbocycles. The first-order valence-electron chi connectivity index (χ1n) is 12.0. The van der Waals surface area contributed by atoms with E-state index in [9.17, 15) is 23.1 Å². The van der Waals surface area contributed by atoms with Crippen molar-refractivity contribution in [1.82, 2.24) is 4.31 Å².